The molecular formula is C26H30N2O6S2. The molecule has 0 aliphatic carbocycles. The highest BCUT2D eigenvalue weighted by Gasteiger charge is 2.15. The maximum Gasteiger partial charge on any atom is 0.341 e. The van der Waals surface area contributed by atoms with E-state index in [0.717, 1.165) is 33.9 Å². The first-order chi connectivity index (χ1) is 17.3. The predicted octanol–water partition coefficient (Wildman–Crippen LogP) is 4.07. The normalized spacial score (nSPS) is 11.3. The number of rotatable bonds is 14. The lowest BCUT2D eigenvalue weighted by atomic mass is 10.1. The molecule has 2 aromatic carbocycles. The number of hydrogen-bond donors (Lipinski definition) is 2. The number of aromatic nitrogens is 1. The molecule has 0 atom stereocenters. The van der Waals surface area contributed by atoms with E-state index in [1.807, 2.05) is 31.2 Å². The zero-order valence-corrected chi connectivity index (χ0v) is 21.9. The van der Waals surface area contributed by atoms with Gasteiger partial charge in [-0.15, -0.1) is 11.8 Å². The highest BCUT2D eigenvalue weighted by Crippen LogP contribution is 2.26. The van der Waals surface area contributed by atoms with Crippen molar-refractivity contribution in [1.29, 1.82) is 0 Å². The Labute approximate surface area is 216 Å². The van der Waals surface area contributed by atoms with Crippen LogP contribution in [0.2, 0.25) is 0 Å². The van der Waals surface area contributed by atoms with E-state index < -0.39 is 15.8 Å². The number of methoxy groups -OCH3 is 1. The molecule has 1 aromatic heterocycles. The zero-order valence-electron chi connectivity index (χ0n) is 20.3. The van der Waals surface area contributed by atoms with Crippen LogP contribution in [0, 0.1) is 6.92 Å². The molecule has 0 amide bonds. The number of carbonyl (C=O) groups is 1. The van der Waals surface area contributed by atoms with Gasteiger partial charge in [-0.3, -0.25) is 0 Å². The van der Waals surface area contributed by atoms with Gasteiger partial charge in [-0.05, 0) is 67.4 Å². The number of hydrogen-bond acceptors (Lipinski definition) is 8. The van der Waals surface area contributed by atoms with Crippen molar-refractivity contribution in [3.05, 3.63) is 66.4 Å². The van der Waals surface area contributed by atoms with Crippen LogP contribution in [0.1, 0.15) is 12.0 Å². The molecule has 0 aliphatic rings. The van der Waals surface area contributed by atoms with Gasteiger partial charge in [0.2, 0.25) is 5.88 Å². The summed E-state index contributed by atoms with van der Waals surface area (Å²) in [6.07, 6.45) is 2.17. The Bertz CT molecular complexity index is 1260. The van der Waals surface area contributed by atoms with Gasteiger partial charge in [0.25, 0.3) is 0 Å². The third-order valence-electron chi connectivity index (χ3n) is 5.28. The minimum Gasteiger partial charge on any atom is -0.482 e. The molecule has 3 aromatic rings. The van der Waals surface area contributed by atoms with Crippen molar-refractivity contribution >= 4 is 27.6 Å². The molecule has 8 nitrogen and oxygen atoms in total. The Balaban J connectivity index is 1.41. The Hall–Kier alpha value is -3.08. The van der Waals surface area contributed by atoms with Crippen molar-refractivity contribution in [2.75, 3.05) is 38.3 Å². The van der Waals surface area contributed by atoms with E-state index >= 15 is 0 Å². The van der Waals surface area contributed by atoms with E-state index in [1.54, 1.807) is 55.4 Å². The second-order valence-electron chi connectivity index (χ2n) is 8.00. The molecular weight excluding hydrogens is 500 g/mol. The molecule has 0 radical (unpaired) electrons. The maximum atomic E-state index is 12.8. The first-order valence-corrected chi connectivity index (χ1v) is 14.0. The summed E-state index contributed by atoms with van der Waals surface area (Å²) >= 11 is 1.66. The SMILES string of the molecule is COc1ccc(-c2cccc(S(=O)(=O)CCCNCCSc3ccc(OCC(=O)O)c(C)c3)c2)cn1. The van der Waals surface area contributed by atoms with Gasteiger partial charge < -0.3 is 19.9 Å². The molecule has 3 rings (SSSR count). The molecule has 0 aliphatic heterocycles. The third-order valence-corrected chi connectivity index (χ3v) is 8.08. The fourth-order valence-corrected chi connectivity index (χ4v) is 5.68. The monoisotopic (exact) mass is 530 g/mol. The third kappa shape index (κ3) is 8.25. The first kappa shape index (κ1) is 27.5. The number of aliphatic carboxylic acids is 1. The quantitative estimate of drug-likeness (QED) is 0.235. The van der Waals surface area contributed by atoms with Crippen LogP contribution in [-0.2, 0) is 14.6 Å². The van der Waals surface area contributed by atoms with Gasteiger partial charge in [0, 0.05) is 35.0 Å². The average molecular weight is 531 g/mol. The molecule has 0 spiro atoms. The van der Waals surface area contributed by atoms with Gasteiger partial charge in [-0.25, -0.2) is 18.2 Å². The van der Waals surface area contributed by atoms with Gasteiger partial charge in [-0.1, -0.05) is 12.1 Å². The van der Waals surface area contributed by atoms with Crippen LogP contribution in [0.5, 0.6) is 11.6 Å². The number of sulfone groups is 1. The van der Waals surface area contributed by atoms with Crippen molar-refractivity contribution in [3.63, 3.8) is 0 Å². The number of nitrogens with one attached hydrogen (secondary N) is 1. The lowest BCUT2D eigenvalue weighted by Gasteiger charge is -2.10. The maximum absolute atomic E-state index is 12.8. The molecule has 0 saturated heterocycles. The van der Waals surface area contributed by atoms with Crippen LogP contribution >= 0.6 is 11.8 Å². The van der Waals surface area contributed by atoms with Crippen molar-refractivity contribution in [3.8, 4) is 22.8 Å². The van der Waals surface area contributed by atoms with Gasteiger partial charge in [-0.2, -0.15) is 0 Å². The summed E-state index contributed by atoms with van der Waals surface area (Å²) in [6, 6.07) is 16.1. The van der Waals surface area contributed by atoms with E-state index in [2.05, 4.69) is 10.3 Å². The summed E-state index contributed by atoms with van der Waals surface area (Å²) in [4.78, 5) is 16.2. The van der Waals surface area contributed by atoms with E-state index in [0.29, 0.717) is 29.5 Å². The fraction of sp³-hybridized carbons (Fsp3) is 0.308. The van der Waals surface area contributed by atoms with Gasteiger partial charge in [0.15, 0.2) is 16.4 Å². The fourth-order valence-electron chi connectivity index (χ4n) is 3.43. The molecule has 10 heteroatoms. The standard InChI is InChI=1S/C26H30N2O6S2/c1-19-15-22(8-9-24(19)34-18-26(29)30)35-13-12-27-11-4-14-36(31,32)23-6-3-5-20(16-23)21-7-10-25(33-2)28-17-21/h3,5-10,15-17,27H,4,11-14,18H2,1-2H3,(H,29,30). The Morgan fingerprint density at radius 2 is 1.92 bits per heavy atom. The Kier molecular flexibility index (Phi) is 10.2. The van der Waals surface area contributed by atoms with Gasteiger partial charge in [0.05, 0.1) is 17.8 Å². The van der Waals surface area contributed by atoms with Crippen LogP contribution in [0.3, 0.4) is 0 Å². The van der Waals surface area contributed by atoms with Gasteiger partial charge in [0.1, 0.15) is 5.75 Å². The molecule has 0 saturated carbocycles. The highest BCUT2D eigenvalue weighted by molar-refractivity contribution is 7.99. The number of thioether (sulfide) groups is 1. The molecule has 192 valence electrons. The molecule has 1 heterocycles. The minimum absolute atomic E-state index is 0.0639. The van der Waals surface area contributed by atoms with Crippen LogP contribution in [-0.4, -0.2) is 62.8 Å². The molecule has 0 fully saturated rings. The number of ether oxygens (including phenoxy) is 2. The minimum atomic E-state index is -3.40. The molecule has 36 heavy (non-hydrogen) atoms. The number of carboxylic acid groups (broad SMARTS) is 1. The summed E-state index contributed by atoms with van der Waals surface area (Å²) in [5, 5.41) is 12.0. The van der Waals surface area contributed by atoms with Crippen molar-refractivity contribution in [2.24, 2.45) is 0 Å². The summed E-state index contributed by atoms with van der Waals surface area (Å²) in [7, 11) is -1.85. The van der Waals surface area contributed by atoms with Crippen LogP contribution in [0.15, 0.2) is 70.6 Å². The van der Waals surface area contributed by atoms with E-state index in [4.69, 9.17) is 14.6 Å². The number of nitrogens with zero attached hydrogens (tertiary/aromatic N) is 1. The van der Waals surface area contributed by atoms with Gasteiger partial charge >= 0.3 is 5.97 Å². The summed E-state index contributed by atoms with van der Waals surface area (Å²) < 4.78 is 36.0. The number of carboxylic acids is 1. The second-order valence-corrected chi connectivity index (χ2v) is 11.3. The van der Waals surface area contributed by atoms with Crippen molar-refractivity contribution in [2.45, 2.75) is 23.1 Å². The number of aryl methyl sites for hydroxylation is 1. The number of benzene rings is 2. The lowest BCUT2D eigenvalue weighted by molar-refractivity contribution is -0.139. The highest BCUT2D eigenvalue weighted by atomic mass is 32.2. The summed E-state index contributed by atoms with van der Waals surface area (Å²) in [6.45, 7) is 2.85. The predicted molar refractivity (Wildman–Crippen MR) is 141 cm³/mol. The summed E-state index contributed by atoms with van der Waals surface area (Å²) in [5.74, 6) is 0.941. The second kappa shape index (κ2) is 13.3. The van der Waals surface area contributed by atoms with Crippen molar-refractivity contribution in [1.82, 2.24) is 10.3 Å². The smallest absolute Gasteiger partial charge is 0.341 e. The average Bonchev–Trinajstić information content (AvgIpc) is 2.87. The van der Waals surface area contributed by atoms with E-state index in [9.17, 15) is 13.2 Å². The Morgan fingerprint density at radius 1 is 1.08 bits per heavy atom. The zero-order chi connectivity index (χ0) is 26.0. The van der Waals surface area contributed by atoms with Crippen LogP contribution < -0.4 is 14.8 Å². The topological polar surface area (TPSA) is 115 Å². The van der Waals surface area contributed by atoms with Crippen LogP contribution in [0.25, 0.3) is 11.1 Å². The molecule has 0 bridgehead atoms. The van der Waals surface area contributed by atoms with E-state index in [1.165, 1.54) is 0 Å². The molecule has 2 N–H and O–H groups in total. The first-order valence-electron chi connectivity index (χ1n) is 11.4. The molecule has 0 unspecified atom stereocenters. The van der Waals surface area contributed by atoms with E-state index in [-0.39, 0.29) is 12.4 Å². The summed E-state index contributed by atoms with van der Waals surface area (Å²) in [5.41, 5.74) is 2.49. The van der Waals surface area contributed by atoms with Crippen molar-refractivity contribution < 1.29 is 27.8 Å². The van der Waals surface area contributed by atoms with Crippen LogP contribution in [0.4, 0.5) is 0 Å². The lowest BCUT2D eigenvalue weighted by Crippen LogP contribution is -2.21. The largest absolute Gasteiger partial charge is 0.482 e. The Morgan fingerprint density at radius 3 is 2.61 bits per heavy atom. The number of pyridine rings is 1.